The molecule has 0 saturated carbocycles. The Hall–Kier alpha value is -0.690. The number of halogens is 2. The highest BCUT2D eigenvalue weighted by molar-refractivity contribution is 7.89. The molecule has 100 valence electrons. The minimum absolute atomic E-state index is 0.0144. The van der Waals surface area contributed by atoms with Crippen LogP contribution in [-0.2, 0) is 10.0 Å². The SMILES string of the molecule is O=S(=O)(NC1CCCNC1)c1ccc(F)c(Cl)c1. The number of piperidine rings is 1. The van der Waals surface area contributed by atoms with Gasteiger partial charge in [-0.25, -0.2) is 17.5 Å². The van der Waals surface area contributed by atoms with Gasteiger partial charge >= 0.3 is 0 Å². The molecule has 1 heterocycles. The first-order valence-electron chi connectivity index (χ1n) is 5.67. The molecule has 18 heavy (non-hydrogen) atoms. The fourth-order valence-electron chi connectivity index (χ4n) is 1.88. The molecule has 0 amide bonds. The first kappa shape index (κ1) is 13.7. The Morgan fingerprint density at radius 1 is 1.44 bits per heavy atom. The second kappa shape index (κ2) is 5.52. The monoisotopic (exact) mass is 292 g/mol. The molecule has 0 bridgehead atoms. The van der Waals surface area contributed by atoms with Crippen LogP contribution >= 0.6 is 11.6 Å². The summed E-state index contributed by atoms with van der Waals surface area (Å²) in [5, 5.41) is 2.92. The van der Waals surface area contributed by atoms with Crippen molar-refractivity contribution < 1.29 is 12.8 Å². The van der Waals surface area contributed by atoms with Gasteiger partial charge in [-0.3, -0.25) is 0 Å². The van der Waals surface area contributed by atoms with Crippen molar-refractivity contribution in [1.29, 1.82) is 0 Å². The third-order valence-corrected chi connectivity index (χ3v) is 4.63. The fourth-order valence-corrected chi connectivity index (χ4v) is 3.43. The molecule has 0 aliphatic carbocycles. The van der Waals surface area contributed by atoms with Gasteiger partial charge in [0.05, 0.1) is 9.92 Å². The van der Waals surface area contributed by atoms with Crippen LogP contribution in [0.1, 0.15) is 12.8 Å². The van der Waals surface area contributed by atoms with E-state index in [1.165, 1.54) is 6.07 Å². The molecule has 0 radical (unpaired) electrons. The van der Waals surface area contributed by atoms with Gasteiger partial charge in [-0.15, -0.1) is 0 Å². The summed E-state index contributed by atoms with van der Waals surface area (Å²) in [7, 11) is -3.64. The molecule has 1 atom stereocenters. The number of sulfonamides is 1. The molecule has 1 aliphatic heterocycles. The van der Waals surface area contributed by atoms with Crippen LogP contribution in [0.5, 0.6) is 0 Å². The van der Waals surface area contributed by atoms with Gasteiger partial charge in [-0.2, -0.15) is 0 Å². The Labute approximate surface area is 111 Å². The van der Waals surface area contributed by atoms with Gasteiger partial charge in [-0.05, 0) is 37.6 Å². The molecule has 1 fully saturated rings. The van der Waals surface area contributed by atoms with E-state index in [9.17, 15) is 12.8 Å². The minimum Gasteiger partial charge on any atom is -0.315 e. The topological polar surface area (TPSA) is 58.2 Å². The van der Waals surface area contributed by atoms with Gasteiger partial charge in [0.15, 0.2) is 0 Å². The zero-order chi connectivity index (χ0) is 13.2. The summed E-state index contributed by atoms with van der Waals surface area (Å²) >= 11 is 5.58. The van der Waals surface area contributed by atoms with Crippen LogP contribution in [0.2, 0.25) is 5.02 Å². The highest BCUT2D eigenvalue weighted by atomic mass is 35.5. The van der Waals surface area contributed by atoms with E-state index in [0.717, 1.165) is 31.5 Å². The number of nitrogens with one attached hydrogen (secondary N) is 2. The van der Waals surface area contributed by atoms with Crippen LogP contribution in [0, 0.1) is 5.82 Å². The lowest BCUT2D eigenvalue weighted by Gasteiger charge is -2.23. The second-order valence-electron chi connectivity index (χ2n) is 4.24. The van der Waals surface area contributed by atoms with E-state index in [-0.39, 0.29) is 16.0 Å². The van der Waals surface area contributed by atoms with Crippen LogP contribution in [-0.4, -0.2) is 27.5 Å². The highest BCUT2D eigenvalue weighted by Crippen LogP contribution is 2.19. The molecule has 7 heteroatoms. The molecular formula is C11H14ClFN2O2S. The summed E-state index contributed by atoms with van der Waals surface area (Å²) < 4.78 is 39.7. The first-order valence-corrected chi connectivity index (χ1v) is 7.53. The average Bonchev–Trinajstić information content (AvgIpc) is 2.33. The summed E-state index contributed by atoms with van der Waals surface area (Å²) in [6, 6.07) is 3.25. The zero-order valence-corrected chi connectivity index (χ0v) is 11.2. The van der Waals surface area contributed by atoms with Crippen molar-refractivity contribution in [3.8, 4) is 0 Å². The smallest absolute Gasteiger partial charge is 0.240 e. The van der Waals surface area contributed by atoms with E-state index in [0.29, 0.717) is 6.54 Å². The Morgan fingerprint density at radius 2 is 2.22 bits per heavy atom. The maximum Gasteiger partial charge on any atom is 0.240 e. The van der Waals surface area contributed by atoms with Crippen molar-refractivity contribution >= 4 is 21.6 Å². The Bertz CT molecular complexity index is 530. The number of rotatable bonds is 3. The summed E-state index contributed by atoms with van der Waals surface area (Å²) in [5.74, 6) is -0.630. The van der Waals surface area contributed by atoms with E-state index in [1.807, 2.05) is 0 Å². The van der Waals surface area contributed by atoms with E-state index < -0.39 is 15.8 Å². The zero-order valence-electron chi connectivity index (χ0n) is 9.62. The van der Waals surface area contributed by atoms with Gasteiger partial charge in [0.2, 0.25) is 10.0 Å². The van der Waals surface area contributed by atoms with Gasteiger partial charge in [0.25, 0.3) is 0 Å². The molecule has 0 aromatic heterocycles. The lowest BCUT2D eigenvalue weighted by molar-refractivity contribution is 0.428. The Kier molecular flexibility index (Phi) is 4.21. The third kappa shape index (κ3) is 3.20. The third-order valence-electron chi connectivity index (χ3n) is 2.82. The maximum absolute atomic E-state index is 13.0. The molecule has 1 aliphatic rings. The number of hydrogen-bond donors (Lipinski definition) is 2. The largest absolute Gasteiger partial charge is 0.315 e. The van der Waals surface area contributed by atoms with Crippen molar-refractivity contribution in [3.05, 3.63) is 29.0 Å². The molecule has 1 saturated heterocycles. The van der Waals surface area contributed by atoms with Crippen molar-refractivity contribution in [2.24, 2.45) is 0 Å². The van der Waals surface area contributed by atoms with E-state index in [4.69, 9.17) is 11.6 Å². The van der Waals surface area contributed by atoms with E-state index >= 15 is 0 Å². The average molecular weight is 293 g/mol. The highest BCUT2D eigenvalue weighted by Gasteiger charge is 2.22. The fraction of sp³-hybridized carbons (Fsp3) is 0.455. The van der Waals surface area contributed by atoms with Crippen LogP contribution in [0.25, 0.3) is 0 Å². The summed E-state index contributed by atoms with van der Waals surface area (Å²) in [4.78, 5) is -0.0144. The standard InChI is InChI=1S/C11H14ClFN2O2S/c12-10-6-9(3-4-11(10)13)18(16,17)15-8-2-1-5-14-7-8/h3-4,6,8,14-15H,1-2,5,7H2. The molecule has 1 aromatic carbocycles. The number of hydrogen-bond acceptors (Lipinski definition) is 3. The van der Waals surface area contributed by atoms with Crippen molar-refractivity contribution in [2.45, 2.75) is 23.8 Å². The Balaban J connectivity index is 2.16. The van der Waals surface area contributed by atoms with Crippen molar-refractivity contribution in [3.63, 3.8) is 0 Å². The quantitative estimate of drug-likeness (QED) is 0.888. The molecular weight excluding hydrogens is 279 g/mol. The summed E-state index contributed by atoms with van der Waals surface area (Å²) in [6.45, 7) is 1.51. The van der Waals surface area contributed by atoms with Gasteiger partial charge in [-0.1, -0.05) is 11.6 Å². The minimum atomic E-state index is -3.64. The second-order valence-corrected chi connectivity index (χ2v) is 6.36. The van der Waals surface area contributed by atoms with Gasteiger partial charge in [0, 0.05) is 12.6 Å². The normalized spacial score (nSPS) is 20.9. The molecule has 1 aromatic rings. The first-order chi connectivity index (χ1) is 8.49. The van der Waals surface area contributed by atoms with Crippen LogP contribution < -0.4 is 10.0 Å². The Morgan fingerprint density at radius 3 is 2.83 bits per heavy atom. The summed E-state index contributed by atoms with van der Waals surface area (Å²) in [5.41, 5.74) is 0. The predicted molar refractivity (Wildman–Crippen MR) is 67.6 cm³/mol. The molecule has 1 unspecified atom stereocenters. The van der Waals surface area contributed by atoms with Gasteiger partial charge < -0.3 is 5.32 Å². The lowest BCUT2D eigenvalue weighted by Crippen LogP contribution is -2.45. The predicted octanol–water partition coefficient (Wildman–Crippen LogP) is 1.51. The molecule has 0 spiro atoms. The molecule has 4 nitrogen and oxygen atoms in total. The van der Waals surface area contributed by atoms with E-state index in [2.05, 4.69) is 10.0 Å². The van der Waals surface area contributed by atoms with Gasteiger partial charge in [0.1, 0.15) is 5.82 Å². The van der Waals surface area contributed by atoms with Crippen LogP contribution in [0.15, 0.2) is 23.1 Å². The summed E-state index contributed by atoms with van der Waals surface area (Å²) in [6.07, 6.45) is 1.72. The van der Waals surface area contributed by atoms with Crippen LogP contribution in [0.3, 0.4) is 0 Å². The molecule has 2 N–H and O–H groups in total. The van der Waals surface area contributed by atoms with E-state index in [1.54, 1.807) is 0 Å². The van der Waals surface area contributed by atoms with Crippen molar-refractivity contribution in [1.82, 2.24) is 10.0 Å². The maximum atomic E-state index is 13.0. The number of benzene rings is 1. The molecule has 2 rings (SSSR count). The van der Waals surface area contributed by atoms with Crippen molar-refractivity contribution in [2.75, 3.05) is 13.1 Å². The van der Waals surface area contributed by atoms with Crippen LogP contribution in [0.4, 0.5) is 4.39 Å². The lowest BCUT2D eigenvalue weighted by atomic mass is 10.1.